The van der Waals surface area contributed by atoms with Gasteiger partial charge < -0.3 is 14.7 Å². The topological polar surface area (TPSA) is 49.8 Å². The van der Waals surface area contributed by atoms with E-state index in [1.807, 2.05) is 0 Å². The molecule has 0 aliphatic carbocycles. The minimum Gasteiger partial charge on any atom is -0.378 e. The van der Waals surface area contributed by atoms with Crippen LogP contribution >= 0.6 is 23.2 Å². The number of carbonyl (C=O) groups is 1. The molecule has 2 aliphatic heterocycles. The average molecular weight is 344 g/mol. The van der Waals surface area contributed by atoms with Crippen molar-refractivity contribution < 1.29 is 14.6 Å². The number of piperidine rings is 1. The molecule has 0 radical (unpaired) electrons. The molecule has 3 rings (SSSR count). The molecule has 1 aromatic carbocycles. The van der Waals surface area contributed by atoms with E-state index in [2.05, 4.69) is 0 Å². The Labute approximate surface area is 140 Å². The first-order chi connectivity index (χ1) is 10.5. The monoisotopic (exact) mass is 343 g/mol. The van der Waals surface area contributed by atoms with E-state index in [-0.39, 0.29) is 12.0 Å². The number of nitrogens with zero attached hydrogens (tertiary/aromatic N) is 1. The molecule has 3 atom stereocenters. The van der Waals surface area contributed by atoms with Crippen molar-refractivity contribution in [2.75, 3.05) is 19.7 Å². The summed E-state index contributed by atoms with van der Waals surface area (Å²) in [5, 5.41) is 11.2. The molecule has 1 N–H and O–H groups in total. The Morgan fingerprint density at radius 1 is 1.27 bits per heavy atom. The third-order valence-electron chi connectivity index (χ3n) is 4.46. The number of hydrogen-bond acceptors (Lipinski definition) is 3. The van der Waals surface area contributed by atoms with E-state index in [0.717, 1.165) is 25.9 Å². The second-order valence-corrected chi connectivity index (χ2v) is 6.86. The number of hydrogen-bond donors (Lipinski definition) is 1. The van der Waals surface area contributed by atoms with Gasteiger partial charge in [0.15, 0.2) is 6.10 Å². The molecule has 2 heterocycles. The van der Waals surface area contributed by atoms with Crippen molar-refractivity contribution in [2.24, 2.45) is 5.92 Å². The van der Waals surface area contributed by atoms with E-state index >= 15 is 0 Å². The number of aliphatic hydroxyl groups is 1. The molecule has 0 aromatic heterocycles. The fourth-order valence-corrected chi connectivity index (χ4v) is 3.88. The zero-order valence-corrected chi connectivity index (χ0v) is 13.7. The molecule has 2 aliphatic rings. The van der Waals surface area contributed by atoms with Crippen LogP contribution in [0.3, 0.4) is 0 Å². The molecular formula is C16H19Cl2NO3. The number of halogens is 2. The largest absolute Gasteiger partial charge is 0.378 e. The van der Waals surface area contributed by atoms with Gasteiger partial charge in [0.2, 0.25) is 0 Å². The highest BCUT2D eigenvalue weighted by Crippen LogP contribution is 2.30. The van der Waals surface area contributed by atoms with Crippen molar-refractivity contribution in [1.82, 2.24) is 4.90 Å². The Kier molecular flexibility index (Phi) is 4.93. The van der Waals surface area contributed by atoms with Gasteiger partial charge in [0.25, 0.3) is 5.91 Å². The summed E-state index contributed by atoms with van der Waals surface area (Å²) in [5.41, 5.74) is 0.435. The number of ether oxygens (including phenoxy) is 1. The van der Waals surface area contributed by atoms with E-state index in [0.29, 0.717) is 34.6 Å². The summed E-state index contributed by atoms with van der Waals surface area (Å²) in [6.07, 6.45) is 1.98. The van der Waals surface area contributed by atoms with Gasteiger partial charge in [-0.2, -0.15) is 0 Å². The van der Waals surface area contributed by atoms with E-state index in [1.165, 1.54) is 0 Å². The van der Waals surface area contributed by atoms with Gasteiger partial charge in [0, 0.05) is 35.7 Å². The highest BCUT2D eigenvalue weighted by atomic mass is 35.5. The van der Waals surface area contributed by atoms with Crippen LogP contribution in [-0.2, 0) is 9.53 Å². The molecule has 120 valence electrons. The van der Waals surface area contributed by atoms with Gasteiger partial charge in [-0.15, -0.1) is 0 Å². The van der Waals surface area contributed by atoms with E-state index in [1.54, 1.807) is 23.1 Å². The molecule has 4 nitrogen and oxygen atoms in total. The SMILES string of the molecule is O=C(C(O)c1cc(Cl)cc(Cl)c1)N1CCC2OCCCC2C1. The lowest BCUT2D eigenvalue weighted by Gasteiger charge is -2.41. The lowest BCUT2D eigenvalue weighted by atomic mass is 9.88. The minimum absolute atomic E-state index is 0.260. The molecule has 1 amide bonds. The normalized spacial score (nSPS) is 26.4. The number of amides is 1. The maximum atomic E-state index is 12.5. The predicted octanol–water partition coefficient (Wildman–Crippen LogP) is 3.05. The zero-order chi connectivity index (χ0) is 15.7. The molecule has 0 spiro atoms. The molecule has 0 bridgehead atoms. The fourth-order valence-electron chi connectivity index (χ4n) is 3.34. The Balaban J connectivity index is 1.70. The Morgan fingerprint density at radius 3 is 2.73 bits per heavy atom. The highest BCUT2D eigenvalue weighted by Gasteiger charge is 2.35. The van der Waals surface area contributed by atoms with Crippen LogP contribution in [0.4, 0.5) is 0 Å². The van der Waals surface area contributed by atoms with Gasteiger partial charge >= 0.3 is 0 Å². The van der Waals surface area contributed by atoms with Crippen molar-refractivity contribution in [3.8, 4) is 0 Å². The number of carbonyl (C=O) groups excluding carboxylic acids is 1. The van der Waals surface area contributed by atoms with Crippen molar-refractivity contribution in [3.63, 3.8) is 0 Å². The molecule has 6 heteroatoms. The average Bonchev–Trinajstić information content (AvgIpc) is 2.52. The summed E-state index contributed by atoms with van der Waals surface area (Å²) in [7, 11) is 0. The van der Waals surface area contributed by atoms with Crippen molar-refractivity contribution in [1.29, 1.82) is 0 Å². The van der Waals surface area contributed by atoms with Crippen molar-refractivity contribution in [2.45, 2.75) is 31.5 Å². The molecule has 3 unspecified atom stereocenters. The summed E-state index contributed by atoms with van der Waals surface area (Å²) in [4.78, 5) is 14.3. The lowest BCUT2D eigenvalue weighted by Crippen LogP contribution is -2.49. The first-order valence-corrected chi connectivity index (χ1v) is 8.34. The van der Waals surface area contributed by atoms with E-state index in [9.17, 15) is 9.90 Å². The molecule has 0 saturated carbocycles. The van der Waals surface area contributed by atoms with Crippen LogP contribution in [0, 0.1) is 5.92 Å². The Hall–Kier alpha value is -0.810. The van der Waals surface area contributed by atoms with Gasteiger partial charge in [-0.1, -0.05) is 23.2 Å². The second-order valence-electron chi connectivity index (χ2n) is 5.99. The van der Waals surface area contributed by atoms with E-state index in [4.69, 9.17) is 27.9 Å². The first kappa shape index (κ1) is 16.1. The molecule has 22 heavy (non-hydrogen) atoms. The zero-order valence-electron chi connectivity index (χ0n) is 12.2. The molecule has 2 fully saturated rings. The van der Waals surface area contributed by atoms with Crippen molar-refractivity contribution in [3.05, 3.63) is 33.8 Å². The van der Waals surface area contributed by atoms with Gasteiger partial charge in [0.05, 0.1) is 6.10 Å². The van der Waals surface area contributed by atoms with Crippen LogP contribution in [0.2, 0.25) is 10.0 Å². The summed E-state index contributed by atoms with van der Waals surface area (Å²) in [6.45, 7) is 2.08. The van der Waals surface area contributed by atoms with Gasteiger partial charge in [-0.05, 0) is 43.0 Å². The van der Waals surface area contributed by atoms with Crippen LogP contribution < -0.4 is 0 Å². The highest BCUT2D eigenvalue weighted by molar-refractivity contribution is 6.34. The van der Waals surface area contributed by atoms with Crippen LogP contribution in [0.25, 0.3) is 0 Å². The van der Waals surface area contributed by atoms with E-state index < -0.39 is 6.10 Å². The number of likely N-dealkylation sites (tertiary alicyclic amines) is 1. The van der Waals surface area contributed by atoms with Gasteiger partial charge in [0.1, 0.15) is 0 Å². The minimum atomic E-state index is -1.22. The number of fused-ring (bicyclic) bond motifs is 1. The quantitative estimate of drug-likeness (QED) is 0.897. The maximum Gasteiger partial charge on any atom is 0.256 e. The van der Waals surface area contributed by atoms with Gasteiger partial charge in [-0.25, -0.2) is 0 Å². The van der Waals surface area contributed by atoms with Gasteiger partial charge in [-0.3, -0.25) is 4.79 Å². The Bertz CT molecular complexity index is 546. The Morgan fingerprint density at radius 2 is 2.00 bits per heavy atom. The second kappa shape index (κ2) is 6.75. The van der Waals surface area contributed by atoms with Crippen LogP contribution in [-0.4, -0.2) is 41.7 Å². The van der Waals surface area contributed by atoms with Crippen molar-refractivity contribution >= 4 is 29.1 Å². The summed E-state index contributed by atoms with van der Waals surface area (Å²) >= 11 is 11.9. The lowest BCUT2D eigenvalue weighted by molar-refractivity contribution is -0.147. The first-order valence-electron chi connectivity index (χ1n) is 7.59. The third-order valence-corrected chi connectivity index (χ3v) is 4.90. The molecule has 2 saturated heterocycles. The fraction of sp³-hybridized carbons (Fsp3) is 0.562. The molecule has 1 aromatic rings. The standard InChI is InChI=1S/C16H19Cl2NO3/c17-12-6-11(7-13(18)8-12)15(20)16(21)19-4-3-14-10(9-19)2-1-5-22-14/h6-8,10,14-15,20H,1-5,9H2. The number of benzene rings is 1. The van der Waals surface area contributed by atoms with Crippen LogP contribution in [0.1, 0.15) is 30.9 Å². The smallest absolute Gasteiger partial charge is 0.256 e. The summed E-state index contributed by atoms with van der Waals surface area (Å²) in [6, 6.07) is 4.73. The number of aliphatic hydroxyl groups excluding tert-OH is 1. The number of rotatable bonds is 2. The summed E-state index contributed by atoms with van der Waals surface area (Å²) in [5.74, 6) is 0.0870. The molecular weight excluding hydrogens is 325 g/mol. The van der Waals surface area contributed by atoms with Crippen LogP contribution in [0.5, 0.6) is 0 Å². The maximum absolute atomic E-state index is 12.5. The predicted molar refractivity (Wildman–Crippen MR) is 85.1 cm³/mol. The third kappa shape index (κ3) is 3.40. The van der Waals surface area contributed by atoms with Crippen LogP contribution in [0.15, 0.2) is 18.2 Å². The summed E-state index contributed by atoms with van der Waals surface area (Å²) < 4.78 is 5.75.